The molecule has 5 rings (SSSR count). The lowest BCUT2D eigenvalue weighted by atomic mass is 9.94. The van der Waals surface area contributed by atoms with Gasteiger partial charge in [0.05, 0.1) is 12.2 Å². The van der Waals surface area contributed by atoms with Crippen LogP contribution in [0.5, 0.6) is 11.5 Å². The van der Waals surface area contributed by atoms with Gasteiger partial charge in [0.2, 0.25) is 5.95 Å². The van der Waals surface area contributed by atoms with Crippen molar-refractivity contribution < 1.29 is 18.7 Å². The van der Waals surface area contributed by atoms with E-state index < -0.39 is 6.04 Å². The smallest absolute Gasteiger partial charge is 0.255 e. The van der Waals surface area contributed by atoms with Crippen LogP contribution in [0.25, 0.3) is 0 Å². The lowest BCUT2D eigenvalue weighted by Crippen LogP contribution is -2.31. The highest BCUT2D eigenvalue weighted by atomic mass is 19.1. The molecule has 9 heteroatoms. The Morgan fingerprint density at radius 2 is 1.84 bits per heavy atom. The molecule has 1 aliphatic rings. The first kappa shape index (κ1) is 24.1. The molecule has 37 heavy (non-hydrogen) atoms. The first-order valence-corrected chi connectivity index (χ1v) is 11.9. The summed E-state index contributed by atoms with van der Waals surface area (Å²) in [4.78, 5) is 17.8. The highest BCUT2D eigenvalue weighted by molar-refractivity contribution is 6.06. The maximum Gasteiger partial charge on any atom is 0.255 e. The first-order valence-electron chi connectivity index (χ1n) is 11.9. The quantitative estimate of drug-likeness (QED) is 0.341. The highest BCUT2D eigenvalue weighted by Gasteiger charge is 2.34. The second-order valence-electron chi connectivity index (χ2n) is 8.47. The fraction of sp³-hybridized carbons (Fsp3) is 0.179. The molecule has 3 aromatic carbocycles. The van der Waals surface area contributed by atoms with Gasteiger partial charge in [-0.05, 0) is 61.4 Å². The number of aromatic nitrogens is 3. The van der Waals surface area contributed by atoms with Gasteiger partial charge < -0.3 is 20.1 Å². The summed E-state index contributed by atoms with van der Waals surface area (Å²) >= 11 is 0. The lowest BCUT2D eigenvalue weighted by molar-refractivity contribution is -0.113. The minimum absolute atomic E-state index is 0.253. The van der Waals surface area contributed by atoms with E-state index in [1.54, 1.807) is 16.8 Å². The Labute approximate surface area is 213 Å². The number of ether oxygens (including phenoxy) is 2. The van der Waals surface area contributed by atoms with Crippen LogP contribution in [0, 0.1) is 5.82 Å². The molecule has 0 fully saturated rings. The number of para-hydroxylation sites is 1. The summed E-state index contributed by atoms with van der Waals surface area (Å²) in [6, 6.07) is 20.4. The molecule has 0 aliphatic carbocycles. The third kappa shape index (κ3) is 5.16. The second kappa shape index (κ2) is 10.5. The van der Waals surface area contributed by atoms with Crippen LogP contribution in [0.2, 0.25) is 0 Å². The average molecular weight is 500 g/mol. The second-order valence-corrected chi connectivity index (χ2v) is 8.47. The molecular formula is C28H26FN5O3. The Morgan fingerprint density at radius 1 is 1.05 bits per heavy atom. The predicted molar refractivity (Wildman–Crippen MR) is 138 cm³/mol. The fourth-order valence-corrected chi connectivity index (χ4v) is 4.24. The molecule has 1 atom stereocenters. The van der Waals surface area contributed by atoms with Crippen LogP contribution in [0.3, 0.4) is 0 Å². The predicted octanol–water partition coefficient (Wildman–Crippen LogP) is 5.32. The van der Waals surface area contributed by atoms with Crippen LogP contribution in [-0.4, -0.2) is 27.3 Å². The summed E-state index contributed by atoms with van der Waals surface area (Å²) in [5.41, 5.74) is 3.48. The van der Waals surface area contributed by atoms with Crippen molar-refractivity contribution in [3.63, 3.8) is 0 Å². The summed E-state index contributed by atoms with van der Waals surface area (Å²) in [6.45, 7) is 4.41. The van der Waals surface area contributed by atoms with E-state index in [-0.39, 0.29) is 18.3 Å². The number of hydrogen-bond acceptors (Lipinski definition) is 6. The van der Waals surface area contributed by atoms with Gasteiger partial charge in [0.25, 0.3) is 5.91 Å². The van der Waals surface area contributed by atoms with Crippen LogP contribution in [-0.2, 0) is 11.4 Å². The summed E-state index contributed by atoms with van der Waals surface area (Å²) in [6.07, 6.45) is 1.45. The first-order chi connectivity index (χ1) is 18.0. The number of halogens is 1. The summed E-state index contributed by atoms with van der Waals surface area (Å²) < 4.78 is 26.8. The van der Waals surface area contributed by atoms with E-state index in [2.05, 4.69) is 20.7 Å². The van der Waals surface area contributed by atoms with Crippen molar-refractivity contribution in [3.8, 4) is 11.5 Å². The van der Waals surface area contributed by atoms with E-state index >= 15 is 0 Å². The fourth-order valence-electron chi connectivity index (χ4n) is 4.24. The molecule has 8 nitrogen and oxygen atoms in total. The van der Waals surface area contributed by atoms with Gasteiger partial charge in [-0.1, -0.05) is 36.4 Å². The number of carbonyl (C=O) groups excluding carboxylic acids is 1. The molecule has 1 amide bonds. The Balaban J connectivity index is 1.48. The van der Waals surface area contributed by atoms with Gasteiger partial charge in [0, 0.05) is 11.4 Å². The minimum Gasteiger partial charge on any atom is -0.490 e. The van der Waals surface area contributed by atoms with Crippen molar-refractivity contribution >= 4 is 17.5 Å². The number of nitrogens with zero attached hydrogens (tertiary/aromatic N) is 3. The average Bonchev–Trinajstić information content (AvgIpc) is 3.37. The molecule has 0 saturated carbocycles. The van der Waals surface area contributed by atoms with Crippen molar-refractivity contribution in [1.29, 1.82) is 0 Å². The number of benzene rings is 3. The van der Waals surface area contributed by atoms with Gasteiger partial charge in [-0.15, -0.1) is 0 Å². The SMILES string of the molecule is CCOc1cc(C2C(C(=O)Nc3ccccc3)=C(C)Nc3ncnn32)ccc1OCc1ccc(F)cc1. The van der Waals surface area contributed by atoms with Gasteiger partial charge in [-0.25, -0.2) is 9.07 Å². The zero-order valence-corrected chi connectivity index (χ0v) is 20.4. The van der Waals surface area contributed by atoms with Crippen molar-refractivity contribution in [2.45, 2.75) is 26.5 Å². The van der Waals surface area contributed by atoms with Crippen LogP contribution < -0.4 is 20.1 Å². The topological polar surface area (TPSA) is 90.3 Å². The van der Waals surface area contributed by atoms with Gasteiger partial charge in [-0.2, -0.15) is 10.1 Å². The molecule has 1 unspecified atom stereocenters. The summed E-state index contributed by atoms with van der Waals surface area (Å²) in [5, 5.41) is 10.5. The molecule has 188 valence electrons. The standard InChI is InChI=1S/C28H26FN5O3/c1-3-36-24-15-20(11-14-23(24)37-16-19-9-12-21(29)13-10-19)26-25(18(2)32-28-30-17-31-34(26)28)27(35)33-22-7-5-4-6-8-22/h4-15,17,26H,3,16H2,1-2H3,(H,33,35)(H,30,31,32). The maximum absolute atomic E-state index is 13.5. The molecule has 4 aromatic rings. The number of hydrogen-bond donors (Lipinski definition) is 2. The van der Waals surface area contributed by atoms with Crippen LogP contribution >= 0.6 is 0 Å². The van der Waals surface area contributed by atoms with Crippen molar-refractivity contribution in [2.75, 3.05) is 17.2 Å². The van der Waals surface area contributed by atoms with E-state index in [9.17, 15) is 9.18 Å². The third-order valence-corrected chi connectivity index (χ3v) is 5.96. The number of anilines is 2. The largest absolute Gasteiger partial charge is 0.490 e. The van der Waals surface area contributed by atoms with Crippen LogP contribution in [0.4, 0.5) is 16.0 Å². The molecule has 0 spiro atoms. The Kier molecular flexibility index (Phi) is 6.85. The van der Waals surface area contributed by atoms with Gasteiger partial charge >= 0.3 is 0 Å². The molecule has 2 heterocycles. The number of rotatable bonds is 8. The number of amides is 1. The molecule has 1 aromatic heterocycles. The molecule has 2 N–H and O–H groups in total. The van der Waals surface area contributed by atoms with E-state index in [4.69, 9.17) is 9.47 Å². The Morgan fingerprint density at radius 3 is 2.59 bits per heavy atom. The summed E-state index contributed by atoms with van der Waals surface area (Å²) in [5.74, 6) is 1.06. The van der Waals surface area contributed by atoms with E-state index in [1.807, 2.05) is 62.4 Å². The number of fused-ring (bicyclic) bond motifs is 1. The van der Waals surface area contributed by atoms with Crippen molar-refractivity contribution in [3.05, 3.63) is 107 Å². The Bertz CT molecular complexity index is 1430. The number of allylic oxidation sites excluding steroid dienone is 1. The van der Waals surface area contributed by atoms with E-state index in [0.29, 0.717) is 41.0 Å². The number of carbonyl (C=O) groups is 1. The summed E-state index contributed by atoms with van der Waals surface area (Å²) in [7, 11) is 0. The third-order valence-electron chi connectivity index (χ3n) is 5.96. The van der Waals surface area contributed by atoms with E-state index in [0.717, 1.165) is 11.1 Å². The van der Waals surface area contributed by atoms with Gasteiger partial charge in [0.1, 0.15) is 24.8 Å². The zero-order valence-electron chi connectivity index (χ0n) is 20.4. The van der Waals surface area contributed by atoms with Gasteiger partial charge in [-0.3, -0.25) is 4.79 Å². The van der Waals surface area contributed by atoms with Crippen LogP contribution in [0.15, 0.2) is 90.4 Å². The van der Waals surface area contributed by atoms with E-state index in [1.165, 1.54) is 18.5 Å². The normalized spacial score (nSPS) is 14.5. The monoisotopic (exact) mass is 499 g/mol. The molecule has 0 saturated heterocycles. The molecule has 0 bridgehead atoms. The zero-order chi connectivity index (χ0) is 25.8. The van der Waals surface area contributed by atoms with Crippen molar-refractivity contribution in [2.24, 2.45) is 0 Å². The maximum atomic E-state index is 13.5. The van der Waals surface area contributed by atoms with Crippen molar-refractivity contribution in [1.82, 2.24) is 14.8 Å². The number of nitrogens with one attached hydrogen (secondary N) is 2. The molecular weight excluding hydrogens is 473 g/mol. The van der Waals surface area contributed by atoms with Crippen LogP contribution in [0.1, 0.15) is 31.0 Å². The minimum atomic E-state index is -0.548. The Hall–Kier alpha value is -4.66. The highest BCUT2D eigenvalue weighted by Crippen LogP contribution is 2.39. The molecule has 0 radical (unpaired) electrons. The molecule has 1 aliphatic heterocycles. The lowest BCUT2D eigenvalue weighted by Gasteiger charge is -2.29. The van der Waals surface area contributed by atoms with Gasteiger partial charge in [0.15, 0.2) is 11.5 Å².